The van der Waals surface area contributed by atoms with Crippen molar-refractivity contribution in [2.75, 3.05) is 91.6 Å². The minimum atomic E-state index is 0.681. The molecule has 0 saturated heterocycles. The van der Waals surface area contributed by atoms with Crippen LogP contribution in [0.1, 0.15) is 0 Å². The molecule has 0 aromatic rings. The van der Waals surface area contributed by atoms with Gasteiger partial charge in [0.05, 0.1) is 0 Å². The number of nitrogens with one attached hydrogen (secondary N) is 2. The molecule has 0 aliphatic rings. The highest BCUT2D eigenvalue weighted by atomic mass is 15.2. The molecule has 0 aromatic heterocycles. The van der Waals surface area contributed by atoms with Gasteiger partial charge in [-0.2, -0.15) is 0 Å². The molecule has 8 nitrogen and oxygen atoms in total. The molecule has 0 radical (unpaired) electrons. The summed E-state index contributed by atoms with van der Waals surface area (Å²) in [4.78, 5) is 4.66. The van der Waals surface area contributed by atoms with E-state index in [4.69, 9.17) is 22.9 Å². The van der Waals surface area contributed by atoms with Crippen molar-refractivity contribution in [3.05, 3.63) is 0 Å². The van der Waals surface area contributed by atoms with Gasteiger partial charge in [0, 0.05) is 91.6 Å². The first-order valence-corrected chi connectivity index (χ1v) is 8.44. The molecule has 8 heteroatoms. The molecule has 0 aromatic carbocycles. The third kappa shape index (κ3) is 13.4. The van der Waals surface area contributed by atoms with Crippen LogP contribution < -0.4 is 33.6 Å². The van der Waals surface area contributed by atoms with E-state index in [2.05, 4.69) is 20.4 Å². The van der Waals surface area contributed by atoms with Crippen molar-refractivity contribution in [1.29, 1.82) is 0 Å². The summed E-state index contributed by atoms with van der Waals surface area (Å²) in [6, 6.07) is 0. The maximum absolute atomic E-state index is 5.66. The van der Waals surface area contributed by atoms with E-state index in [1.807, 2.05) is 0 Å². The molecule has 0 bridgehead atoms. The van der Waals surface area contributed by atoms with Crippen LogP contribution in [-0.4, -0.2) is 101 Å². The fourth-order valence-corrected chi connectivity index (χ4v) is 2.28. The molecule has 0 aliphatic heterocycles. The monoisotopic (exact) mass is 318 g/mol. The highest BCUT2D eigenvalue weighted by molar-refractivity contribution is 4.65. The average Bonchev–Trinajstić information content (AvgIpc) is 2.51. The summed E-state index contributed by atoms with van der Waals surface area (Å²) in [5.41, 5.74) is 22.3. The lowest BCUT2D eigenvalue weighted by atomic mass is 10.4. The van der Waals surface area contributed by atoms with Crippen LogP contribution in [0.3, 0.4) is 0 Å². The second-order valence-electron chi connectivity index (χ2n) is 5.34. The summed E-state index contributed by atoms with van der Waals surface area (Å²) in [7, 11) is 0. The van der Waals surface area contributed by atoms with Gasteiger partial charge in [-0.15, -0.1) is 0 Å². The Hall–Kier alpha value is -0.320. The van der Waals surface area contributed by atoms with E-state index in [9.17, 15) is 0 Å². The molecule has 134 valence electrons. The minimum Gasteiger partial charge on any atom is -0.329 e. The predicted molar refractivity (Wildman–Crippen MR) is 94.8 cm³/mol. The summed E-state index contributed by atoms with van der Waals surface area (Å²) < 4.78 is 0. The molecule has 0 unspecified atom stereocenters. The van der Waals surface area contributed by atoms with Crippen molar-refractivity contribution in [2.45, 2.75) is 0 Å². The van der Waals surface area contributed by atoms with Gasteiger partial charge in [-0.1, -0.05) is 0 Å². The van der Waals surface area contributed by atoms with Crippen LogP contribution in [0, 0.1) is 0 Å². The van der Waals surface area contributed by atoms with Gasteiger partial charge >= 0.3 is 0 Å². The van der Waals surface area contributed by atoms with E-state index in [-0.39, 0.29) is 0 Å². The van der Waals surface area contributed by atoms with Crippen molar-refractivity contribution in [2.24, 2.45) is 22.9 Å². The number of rotatable bonds is 17. The molecule has 10 N–H and O–H groups in total. The van der Waals surface area contributed by atoms with Crippen molar-refractivity contribution < 1.29 is 0 Å². The van der Waals surface area contributed by atoms with Gasteiger partial charge in [-0.3, -0.25) is 9.80 Å². The third-order valence-electron chi connectivity index (χ3n) is 3.47. The first-order chi connectivity index (χ1) is 10.8. The molecular weight excluding hydrogens is 280 g/mol. The van der Waals surface area contributed by atoms with Gasteiger partial charge in [-0.25, -0.2) is 0 Å². The Balaban J connectivity index is 3.68. The average molecular weight is 319 g/mol. The Morgan fingerprint density at radius 2 is 0.818 bits per heavy atom. The van der Waals surface area contributed by atoms with Crippen LogP contribution in [0.4, 0.5) is 0 Å². The fraction of sp³-hybridized carbons (Fsp3) is 1.00. The van der Waals surface area contributed by atoms with E-state index < -0.39 is 0 Å². The van der Waals surface area contributed by atoms with E-state index >= 15 is 0 Å². The zero-order chi connectivity index (χ0) is 16.5. The Morgan fingerprint density at radius 1 is 0.455 bits per heavy atom. The summed E-state index contributed by atoms with van der Waals surface area (Å²) in [6.45, 7) is 12.2. The largest absolute Gasteiger partial charge is 0.329 e. The van der Waals surface area contributed by atoms with Crippen molar-refractivity contribution >= 4 is 0 Å². The van der Waals surface area contributed by atoms with Crippen LogP contribution in [0.5, 0.6) is 0 Å². The summed E-state index contributed by atoms with van der Waals surface area (Å²) in [5.74, 6) is 0. The molecule has 0 fully saturated rings. The molecule has 0 saturated carbocycles. The predicted octanol–water partition coefficient (Wildman–Crippen LogP) is -3.40. The molecule has 22 heavy (non-hydrogen) atoms. The van der Waals surface area contributed by atoms with Crippen molar-refractivity contribution in [3.63, 3.8) is 0 Å². The summed E-state index contributed by atoms with van der Waals surface area (Å²) in [5, 5.41) is 6.79. The molecule has 0 aliphatic carbocycles. The van der Waals surface area contributed by atoms with Crippen molar-refractivity contribution in [1.82, 2.24) is 20.4 Å². The van der Waals surface area contributed by atoms with E-state index in [1.54, 1.807) is 0 Å². The number of nitrogens with zero attached hydrogens (tertiary/aromatic N) is 2. The quantitative estimate of drug-likeness (QED) is 0.153. The van der Waals surface area contributed by atoms with Crippen LogP contribution in [0.2, 0.25) is 0 Å². The number of nitrogens with two attached hydrogens (primary N) is 4. The zero-order valence-corrected chi connectivity index (χ0v) is 14.1. The standard InChI is InChI=1S/C14H38N8/c15-1-5-19-6-13-22(11-4-18)14-8-20-7-12-21(9-2-16)10-3-17/h19-20H,1-18H2. The normalized spacial score (nSPS) is 11.7. The van der Waals surface area contributed by atoms with Crippen LogP contribution in [0.25, 0.3) is 0 Å². The fourth-order valence-electron chi connectivity index (χ4n) is 2.28. The topological polar surface area (TPSA) is 135 Å². The van der Waals surface area contributed by atoms with Crippen LogP contribution in [-0.2, 0) is 0 Å². The number of hydrogen-bond acceptors (Lipinski definition) is 8. The second kappa shape index (κ2) is 17.0. The Labute approximate surface area is 135 Å². The molecule has 0 atom stereocenters. The first-order valence-electron chi connectivity index (χ1n) is 8.44. The third-order valence-corrected chi connectivity index (χ3v) is 3.47. The molecule has 0 rings (SSSR count). The van der Waals surface area contributed by atoms with Crippen LogP contribution >= 0.6 is 0 Å². The SMILES string of the molecule is NCCNCCN(CCN)CCNCCN(CCN)CCN. The molecule has 0 heterocycles. The Bertz CT molecular complexity index is 211. The number of hydrogen-bond donors (Lipinski definition) is 6. The molecular formula is C14H38N8. The Morgan fingerprint density at radius 3 is 1.18 bits per heavy atom. The lowest BCUT2D eigenvalue weighted by Gasteiger charge is -2.23. The van der Waals surface area contributed by atoms with Crippen LogP contribution in [0.15, 0.2) is 0 Å². The van der Waals surface area contributed by atoms with Gasteiger partial charge < -0.3 is 33.6 Å². The van der Waals surface area contributed by atoms with E-state index in [0.29, 0.717) is 26.2 Å². The highest BCUT2D eigenvalue weighted by Crippen LogP contribution is 1.86. The van der Waals surface area contributed by atoms with Crippen molar-refractivity contribution in [3.8, 4) is 0 Å². The highest BCUT2D eigenvalue weighted by Gasteiger charge is 2.04. The van der Waals surface area contributed by atoms with Gasteiger partial charge in [0.15, 0.2) is 0 Å². The smallest absolute Gasteiger partial charge is 0.0108 e. The lowest BCUT2D eigenvalue weighted by Crippen LogP contribution is -2.42. The minimum absolute atomic E-state index is 0.681. The van der Waals surface area contributed by atoms with Gasteiger partial charge in [0.25, 0.3) is 0 Å². The zero-order valence-electron chi connectivity index (χ0n) is 14.1. The first kappa shape index (κ1) is 21.7. The van der Waals surface area contributed by atoms with Gasteiger partial charge in [-0.05, 0) is 0 Å². The van der Waals surface area contributed by atoms with E-state index in [0.717, 1.165) is 65.4 Å². The maximum Gasteiger partial charge on any atom is 0.0108 e. The van der Waals surface area contributed by atoms with E-state index in [1.165, 1.54) is 0 Å². The molecule has 0 spiro atoms. The Kier molecular flexibility index (Phi) is 16.8. The lowest BCUT2D eigenvalue weighted by molar-refractivity contribution is 0.266. The van der Waals surface area contributed by atoms with Gasteiger partial charge in [0.2, 0.25) is 0 Å². The molecule has 0 amide bonds. The summed E-state index contributed by atoms with van der Waals surface area (Å²) >= 11 is 0. The summed E-state index contributed by atoms with van der Waals surface area (Å²) in [6.07, 6.45) is 0. The van der Waals surface area contributed by atoms with Gasteiger partial charge in [0.1, 0.15) is 0 Å². The second-order valence-corrected chi connectivity index (χ2v) is 5.34. The maximum atomic E-state index is 5.66.